The Labute approximate surface area is 103 Å². The van der Waals surface area contributed by atoms with Gasteiger partial charge in [-0.3, -0.25) is 0 Å². The van der Waals surface area contributed by atoms with E-state index in [0.717, 1.165) is 15.6 Å². The summed E-state index contributed by atoms with van der Waals surface area (Å²) in [6.45, 7) is 1.98. The fraction of sp³-hybridized carbons (Fsp3) is 0.250. The molecule has 1 rings (SSSR count). The molecule has 1 N–H and O–H groups in total. The molecule has 0 radical (unpaired) electrons. The van der Waals surface area contributed by atoms with Gasteiger partial charge in [-0.1, -0.05) is 25.5 Å². The van der Waals surface area contributed by atoms with Crippen molar-refractivity contribution in [2.75, 3.05) is 0 Å². The molecular weight excluding hydrogens is 303 g/mol. The topological polar surface area (TPSA) is 37.3 Å². The maximum Gasteiger partial charge on any atom is 0.331 e. The van der Waals surface area contributed by atoms with E-state index in [1.807, 2.05) is 31.2 Å². The first kappa shape index (κ1) is 12.2. The number of carboxylic acids is 1. The van der Waals surface area contributed by atoms with E-state index in [2.05, 4.69) is 22.6 Å². The van der Waals surface area contributed by atoms with Gasteiger partial charge in [0.15, 0.2) is 0 Å². The highest BCUT2D eigenvalue weighted by Gasteiger charge is 2.05. The number of rotatable bonds is 4. The Morgan fingerprint density at radius 2 is 2.00 bits per heavy atom. The summed E-state index contributed by atoms with van der Waals surface area (Å²) in [5, 5.41) is 8.95. The van der Waals surface area contributed by atoms with Crippen LogP contribution in [0.3, 0.4) is 0 Å². The molecule has 0 bridgehead atoms. The van der Waals surface area contributed by atoms with Gasteiger partial charge in [0.05, 0.1) is 0 Å². The van der Waals surface area contributed by atoms with Gasteiger partial charge in [-0.25, -0.2) is 4.79 Å². The zero-order valence-electron chi connectivity index (χ0n) is 8.53. The molecular formula is C12H13IO2. The number of aliphatic carboxylic acids is 1. The van der Waals surface area contributed by atoms with Gasteiger partial charge in [0.1, 0.15) is 0 Å². The highest BCUT2D eigenvalue weighted by molar-refractivity contribution is 14.1. The van der Waals surface area contributed by atoms with Crippen LogP contribution in [0.2, 0.25) is 0 Å². The second kappa shape index (κ2) is 5.90. The molecule has 0 aliphatic carbocycles. The number of hydrogen-bond donors (Lipinski definition) is 1. The van der Waals surface area contributed by atoms with E-state index in [9.17, 15) is 4.79 Å². The van der Waals surface area contributed by atoms with Gasteiger partial charge in [0.25, 0.3) is 0 Å². The number of hydrogen-bond acceptors (Lipinski definition) is 1. The smallest absolute Gasteiger partial charge is 0.331 e. The molecule has 2 nitrogen and oxygen atoms in total. The molecule has 0 fully saturated rings. The fourth-order valence-electron chi connectivity index (χ4n) is 1.27. The van der Waals surface area contributed by atoms with E-state index in [1.54, 1.807) is 6.08 Å². The van der Waals surface area contributed by atoms with Crippen LogP contribution in [-0.2, 0) is 4.79 Å². The average molecular weight is 316 g/mol. The van der Waals surface area contributed by atoms with Gasteiger partial charge in [-0.05, 0) is 52.8 Å². The second-order valence-electron chi connectivity index (χ2n) is 3.28. The van der Waals surface area contributed by atoms with Crippen molar-refractivity contribution in [3.8, 4) is 0 Å². The SMILES string of the molecule is CCC/C(=C\c1ccc(I)cc1)C(=O)O. The Morgan fingerprint density at radius 3 is 2.47 bits per heavy atom. The third-order valence-corrected chi connectivity index (χ3v) is 2.72. The fourth-order valence-corrected chi connectivity index (χ4v) is 1.63. The summed E-state index contributed by atoms with van der Waals surface area (Å²) >= 11 is 2.22. The van der Waals surface area contributed by atoms with Gasteiger partial charge in [-0.15, -0.1) is 0 Å². The molecule has 0 saturated heterocycles. The van der Waals surface area contributed by atoms with Crippen LogP contribution in [0.25, 0.3) is 6.08 Å². The third-order valence-electron chi connectivity index (χ3n) is 2.00. The van der Waals surface area contributed by atoms with Crippen molar-refractivity contribution in [1.82, 2.24) is 0 Å². The summed E-state index contributed by atoms with van der Waals surface area (Å²) in [5.74, 6) is -0.824. The molecule has 0 aliphatic rings. The molecule has 0 atom stereocenters. The summed E-state index contributed by atoms with van der Waals surface area (Å²) in [6.07, 6.45) is 3.20. The van der Waals surface area contributed by atoms with E-state index in [4.69, 9.17) is 5.11 Å². The molecule has 15 heavy (non-hydrogen) atoms. The largest absolute Gasteiger partial charge is 0.478 e. The second-order valence-corrected chi connectivity index (χ2v) is 4.52. The van der Waals surface area contributed by atoms with Gasteiger partial charge in [0, 0.05) is 9.14 Å². The van der Waals surface area contributed by atoms with E-state index in [1.165, 1.54) is 0 Å². The van der Waals surface area contributed by atoms with Crippen molar-refractivity contribution in [2.24, 2.45) is 0 Å². The van der Waals surface area contributed by atoms with Crippen molar-refractivity contribution in [1.29, 1.82) is 0 Å². The number of benzene rings is 1. The zero-order chi connectivity index (χ0) is 11.3. The maximum atomic E-state index is 10.9. The highest BCUT2D eigenvalue weighted by atomic mass is 127. The Balaban J connectivity index is 2.91. The van der Waals surface area contributed by atoms with Gasteiger partial charge in [0.2, 0.25) is 0 Å². The third kappa shape index (κ3) is 4.03. The van der Waals surface area contributed by atoms with Crippen LogP contribution in [0.5, 0.6) is 0 Å². The molecule has 0 aliphatic heterocycles. The summed E-state index contributed by atoms with van der Waals surface area (Å²) in [5.41, 5.74) is 1.42. The predicted molar refractivity (Wildman–Crippen MR) is 69.7 cm³/mol. The minimum Gasteiger partial charge on any atom is -0.478 e. The standard InChI is InChI=1S/C12H13IO2/c1-2-3-10(12(14)15)8-9-4-6-11(13)7-5-9/h4-8H,2-3H2,1H3,(H,14,15)/b10-8+. The van der Waals surface area contributed by atoms with Crippen molar-refractivity contribution in [3.05, 3.63) is 39.0 Å². The number of halogens is 1. The van der Waals surface area contributed by atoms with E-state index in [-0.39, 0.29) is 0 Å². The van der Waals surface area contributed by atoms with Crippen LogP contribution in [-0.4, -0.2) is 11.1 Å². The van der Waals surface area contributed by atoms with E-state index in [0.29, 0.717) is 12.0 Å². The van der Waals surface area contributed by atoms with Crippen molar-refractivity contribution in [2.45, 2.75) is 19.8 Å². The van der Waals surface area contributed by atoms with Crippen LogP contribution in [0.1, 0.15) is 25.3 Å². The molecule has 1 aromatic carbocycles. The van der Waals surface area contributed by atoms with Gasteiger partial charge >= 0.3 is 5.97 Å². The summed E-state index contributed by atoms with van der Waals surface area (Å²) in [7, 11) is 0. The molecule has 0 aromatic heterocycles. The first-order chi connectivity index (χ1) is 7.13. The summed E-state index contributed by atoms with van der Waals surface area (Å²) in [4.78, 5) is 10.9. The Bertz CT molecular complexity index is 366. The molecule has 0 saturated carbocycles. The Kier molecular flexibility index (Phi) is 4.81. The number of carboxylic acid groups (broad SMARTS) is 1. The summed E-state index contributed by atoms with van der Waals surface area (Å²) in [6, 6.07) is 7.80. The average Bonchev–Trinajstić information content (AvgIpc) is 2.20. The molecule has 0 amide bonds. The van der Waals surface area contributed by atoms with Crippen LogP contribution < -0.4 is 0 Å². The lowest BCUT2D eigenvalue weighted by Crippen LogP contribution is -1.99. The van der Waals surface area contributed by atoms with Crippen LogP contribution in [0, 0.1) is 3.57 Å². The van der Waals surface area contributed by atoms with Crippen molar-refractivity contribution >= 4 is 34.6 Å². The predicted octanol–water partition coefficient (Wildman–Crippen LogP) is 3.56. The van der Waals surface area contributed by atoms with Crippen LogP contribution >= 0.6 is 22.6 Å². The number of carbonyl (C=O) groups is 1. The van der Waals surface area contributed by atoms with E-state index < -0.39 is 5.97 Å². The molecule has 0 spiro atoms. The maximum absolute atomic E-state index is 10.9. The van der Waals surface area contributed by atoms with Crippen molar-refractivity contribution < 1.29 is 9.90 Å². The highest BCUT2D eigenvalue weighted by Crippen LogP contribution is 2.13. The first-order valence-electron chi connectivity index (χ1n) is 4.83. The van der Waals surface area contributed by atoms with Gasteiger partial charge < -0.3 is 5.11 Å². The van der Waals surface area contributed by atoms with Crippen LogP contribution in [0.4, 0.5) is 0 Å². The normalized spacial score (nSPS) is 11.5. The minimum absolute atomic E-state index is 0.471. The molecule has 80 valence electrons. The monoisotopic (exact) mass is 316 g/mol. The van der Waals surface area contributed by atoms with Crippen LogP contribution in [0.15, 0.2) is 29.8 Å². The summed E-state index contributed by atoms with van der Waals surface area (Å²) < 4.78 is 1.15. The van der Waals surface area contributed by atoms with Gasteiger partial charge in [-0.2, -0.15) is 0 Å². The molecule has 0 heterocycles. The lowest BCUT2D eigenvalue weighted by Gasteiger charge is -2.00. The quantitative estimate of drug-likeness (QED) is 0.681. The Morgan fingerprint density at radius 1 is 1.40 bits per heavy atom. The minimum atomic E-state index is -0.824. The first-order valence-corrected chi connectivity index (χ1v) is 5.90. The lowest BCUT2D eigenvalue weighted by molar-refractivity contribution is -0.132. The molecule has 3 heteroatoms. The lowest BCUT2D eigenvalue weighted by atomic mass is 10.1. The molecule has 0 unspecified atom stereocenters. The molecule has 1 aromatic rings. The zero-order valence-corrected chi connectivity index (χ0v) is 10.7. The van der Waals surface area contributed by atoms with E-state index >= 15 is 0 Å². The Hall–Kier alpha value is -0.840. The van der Waals surface area contributed by atoms with Crippen molar-refractivity contribution in [3.63, 3.8) is 0 Å².